The minimum absolute atomic E-state index is 0.696. The zero-order valence-corrected chi connectivity index (χ0v) is 28.1. The zero-order chi connectivity index (χ0) is 34.2. The third kappa shape index (κ3) is 4.36. The van der Waals surface area contributed by atoms with Gasteiger partial charge in [-0.05, 0) is 106 Å². The molecule has 11 aromatic rings. The van der Waals surface area contributed by atoms with Crippen LogP contribution in [0.5, 0.6) is 0 Å². The van der Waals surface area contributed by atoms with Gasteiger partial charge in [-0.25, -0.2) is 9.97 Å². The van der Waals surface area contributed by atoms with E-state index in [1.165, 1.54) is 64.6 Å². The van der Waals surface area contributed by atoms with Crippen molar-refractivity contribution in [2.45, 2.75) is 0 Å². The van der Waals surface area contributed by atoms with Crippen LogP contribution < -0.4 is 0 Å². The molecule has 11 rings (SSSR count). The molecule has 0 spiro atoms. The molecule has 0 bridgehead atoms. The molecule has 0 saturated carbocycles. The van der Waals surface area contributed by atoms with Gasteiger partial charge in [-0.15, -0.1) is 0 Å². The Balaban J connectivity index is 1.28. The molecule has 3 heteroatoms. The number of benzene rings is 8. The summed E-state index contributed by atoms with van der Waals surface area (Å²) in [6, 6.07) is 59.0. The van der Waals surface area contributed by atoms with Gasteiger partial charge in [0.05, 0.1) is 11.4 Å². The van der Waals surface area contributed by atoms with E-state index in [1.54, 1.807) is 0 Å². The largest absolute Gasteiger partial charge is 0.265 e. The van der Waals surface area contributed by atoms with E-state index in [9.17, 15) is 0 Å². The van der Waals surface area contributed by atoms with E-state index in [0.717, 1.165) is 39.2 Å². The van der Waals surface area contributed by atoms with Crippen LogP contribution in [-0.4, -0.2) is 15.0 Å². The van der Waals surface area contributed by atoms with Crippen molar-refractivity contribution in [3.63, 3.8) is 0 Å². The lowest BCUT2D eigenvalue weighted by Gasteiger charge is -2.17. The second-order valence-corrected chi connectivity index (χ2v) is 13.6. The van der Waals surface area contributed by atoms with Crippen LogP contribution in [0.3, 0.4) is 0 Å². The lowest BCUT2D eigenvalue weighted by Crippen LogP contribution is -1.97. The molecule has 0 amide bonds. The molecular formula is C49H29N3. The molecule has 0 aliphatic heterocycles. The minimum Gasteiger partial charge on any atom is -0.265 e. The summed E-state index contributed by atoms with van der Waals surface area (Å²) >= 11 is 0. The van der Waals surface area contributed by atoms with E-state index in [1.807, 2.05) is 30.6 Å². The van der Waals surface area contributed by atoms with Crippen molar-refractivity contribution in [2.24, 2.45) is 0 Å². The van der Waals surface area contributed by atoms with Gasteiger partial charge in [-0.3, -0.25) is 4.98 Å². The summed E-state index contributed by atoms with van der Waals surface area (Å²) in [5, 5.41) is 15.1. The van der Waals surface area contributed by atoms with Gasteiger partial charge in [0, 0.05) is 29.1 Å². The third-order valence-electron chi connectivity index (χ3n) is 10.7. The Bertz CT molecular complexity index is 3160. The molecule has 3 nitrogen and oxygen atoms in total. The first-order valence-corrected chi connectivity index (χ1v) is 17.7. The highest BCUT2D eigenvalue weighted by Gasteiger charge is 2.18. The predicted molar refractivity (Wildman–Crippen MR) is 218 cm³/mol. The average molecular weight is 660 g/mol. The van der Waals surface area contributed by atoms with Gasteiger partial charge < -0.3 is 0 Å². The number of rotatable bonds is 4. The molecule has 240 valence electrons. The molecule has 0 atom stereocenters. The Morgan fingerprint density at radius 2 is 0.846 bits per heavy atom. The van der Waals surface area contributed by atoms with Gasteiger partial charge in [0.2, 0.25) is 0 Å². The van der Waals surface area contributed by atoms with Crippen LogP contribution in [0, 0.1) is 0 Å². The van der Waals surface area contributed by atoms with Gasteiger partial charge in [-0.2, -0.15) is 0 Å². The first-order chi connectivity index (χ1) is 25.8. The van der Waals surface area contributed by atoms with Crippen molar-refractivity contribution >= 4 is 64.6 Å². The maximum absolute atomic E-state index is 5.31. The first kappa shape index (κ1) is 28.8. The predicted octanol–water partition coefficient (Wildman–Crippen LogP) is 12.9. The maximum atomic E-state index is 5.31. The van der Waals surface area contributed by atoms with Crippen molar-refractivity contribution in [1.82, 2.24) is 15.0 Å². The fourth-order valence-corrected chi connectivity index (χ4v) is 8.37. The van der Waals surface area contributed by atoms with Gasteiger partial charge >= 0.3 is 0 Å². The van der Waals surface area contributed by atoms with Crippen molar-refractivity contribution < 1.29 is 0 Å². The Hall–Kier alpha value is -6.97. The van der Waals surface area contributed by atoms with Crippen LogP contribution in [0.25, 0.3) is 110 Å². The number of pyridine rings is 1. The van der Waals surface area contributed by atoms with E-state index in [-0.39, 0.29) is 0 Å². The summed E-state index contributed by atoms with van der Waals surface area (Å²) in [6.45, 7) is 0. The fourth-order valence-electron chi connectivity index (χ4n) is 8.37. The van der Waals surface area contributed by atoms with Crippen LogP contribution in [-0.2, 0) is 0 Å². The number of hydrogen-bond donors (Lipinski definition) is 0. The first-order valence-electron chi connectivity index (χ1n) is 17.7. The van der Waals surface area contributed by atoms with Crippen LogP contribution >= 0.6 is 0 Å². The van der Waals surface area contributed by atoms with Crippen LogP contribution in [0.15, 0.2) is 176 Å². The third-order valence-corrected chi connectivity index (χ3v) is 10.7. The molecular weight excluding hydrogens is 631 g/mol. The lowest BCUT2D eigenvalue weighted by molar-refractivity contribution is 1.18. The van der Waals surface area contributed by atoms with Crippen molar-refractivity contribution in [3.05, 3.63) is 176 Å². The Kier molecular flexibility index (Phi) is 6.25. The molecule has 0 N–H and O–H groups in total. The van der Waals surface area contributed by atoms with Gasteiger partial charge in [0.1, 0.15) is 0 Å². The summed E-state index contributed by atoms with van der Waals surface area (Å²) in [7, 11) is 0. The molecule has 0 unspecified atom stereocenters. The highest BCUT2D eigenvalue weighted by atomic mass is 14.9. The Morgan fingerprint density at radius 3 is 1.50 bits per heavy atom. The smallest absolute Gasteiger partial charge is 0.160 e. The summed E-state index contributed by atoms with van der Waals surface area (Å²) in [4.78, 5) is 14.8. The standard InChI is InChI=1S/C49H29N3/c1-2-9-34(10-3-1)49-51-43(29-44(52-49)38-15-5-4-14-37(38)30-23-25-50-26-24-30)36-27-35-22-21-33-12-7-17-40-39-16-6-11-31-19-20-32-13-8-18-41(47(32)45(31)39)42(28-36)48(35)46(33)40/h1-29H. The number of hydrogen-bond acceptors (Lipinski definition) is 3. The van der Waals surface area contributed by atoms with Crippen molar-refractivity contribution in [2.75, 3.05) is 0 Å². The molecule has 0 saturated heterocycles. The second-order valence-electron chi connectivity index (χ2n) is 13.6. The molecule has 0 aliphatic carbocycles. The Morgan fingerprint density at radius 1 is 0.308 bits per heavy atom. The number of fused-ring (bicyclic) bond motifs is 2. The summed E-state index contributed by atoms with van der Waals surface area (Å²) < 4.78 is 0. The maximum Gasteiger partial charge on any atom is 0.160 e. The minimum atomic E-state index is 0.696. The van der Waals surface area contributed by atoms with Crippen LogP contribution in [0.1, 0.15) is 0 Å². The summed E-state index contributed by atoms with van der Waals surface area (Å²) in [5.74, 6) is 0.696. The molecule has 0 radical (unpaired) electrons. The highest BCUT2D eigenvalue weighted by molar-refractivity contribution is 6.37. The molecule has 52 heavy (non-hydrogen) atoms. The zero-order valence-electron chi connectivity index (χ0n) is 28.1. The fraction of sp³-hybridized carbons (Fsp3) is 0. The van der Waals surface area contributed by atoms with E-state index >= 15 is 0 Å². The quantitative estimate of drug-likeness (QED) is 0.177. The average Bonchev–Trinajstić information content (AvgIpc) is 3.22. The number of aromatic nitrogens is 3. The van der Waals surface area contributed by atoms with Crippen LogP contribution in [0.2, 0.25) is 0 Å². The normalized spacial score (nSPS) is 11.8. The molecule has 2 heterocycles. The molecule has 9 aromatic carbocycles. The van der Waals surface area contributed by atoms with Crippen LogP contribution in [0.4, 0.5) is 0 Å². The highest BCUT2D eigenvalue weighted by Crippen LogP contribution is 2.44. The van der Waals surface area contributed by atoms with E-state index in [4.69, 9.17) is 9.97 Å². The summed E-state index contributed by atoms with van der Waals surface area (Å²) in [5.41, 5.74) is 7.04. The van der Waals surface area contributed by atoms with Crippen molar-refractivity contribution in [1.29, 1.82) is 0 Å². The number of nitrogens with zero attached hydrogens (tertiary/aromatic N) is 3. The van der Waals surface area contributed by atoms with Crippen molar-refractivity contribution in [3.8, 4) is 45.0 Å². The molecule has 2 aromatic heterocycles. The van der Waals surface area contributed by atoms with Gasteiger partial charge in [0.25, 0.3) is 0 Å². The Labute approximate surface area is 299 Å². The van der Waals surface area contributed by atoms with E-state index in [2.05, 4.69) is 151 Å². The van der Waals surface area contributed by atoms with Gasteiger partial charge in [-0.1, -0.05) is 133 Å². The topological polar surface area (TPSA) is 38.7 Å². The monoisotopic (exact) mass is 659 g/mol. The van der Waals surface area contributed by atoms with Gasteiger partial charge in [0.15, 0.2) is 5.82 Å². The molecule has 0 fully saturated rings. The van der Waals surface area contributed by atoms with E-state index in [0.29, 0.717) is 5.82 Å². The second kappa shape index (κ2) is 11.3. The SMILES string of the molecule is c1ccc(-c2nc(-c3cc4ccc5cccc6c7cccc8ccc9cccc(c(c3)c4c56)c9c87)cc(-c3ccccc3-c3ccncc3)n2)cc1. The van der Waals surface area contributed by atoms with E-state index < -0.39 is 0 Å². The summed E-state index contributed by atoms with van der Waals surface area (Å²) in [6.07, 6.45) is 3.68. The lowest BCUT2D eigenvalue weighted by atomic mass is 9.87. The molecule has 0 aliphatic rings.